The topological polar surface area (TPSA) is 110 Å². The number of aryl methyl sites for hydroxylation is 1. The van der Waals surface area contributed by atoms with Gasteiger partial charge in [0.25, 0.3) is 5.91 Å². The summed E-state index contributed by atoms with van der Waals surface area (Å²) in [6.07, 6.45) is 0.790. The van der Waals surface area contributed by atoms with E-state index < -0.39 is 12.0 Å². The number of phenols is 1. The van der Waals surface area contributed by atoms with Gasteiger partial charge in [-0.15, -0.1) is 0 Å². The highest BCUT2D eigenvalue weighted by molar-refractivity contribution is 6.05. The third-order valence-corrected chi connectivity index (χ3v) is 3.84. The van der Waals surface area contributed by atoms with E-state index in [0.29, 0.717) is 22.7 Å². The fourth-order valence-electron chi connectivity index (χ4n) is 2.44. The minimum atomic E-state index is -0.646. The van der Waals surface area contributed by atoms with E-state index in [-0.39, 0.29) is 11.6 Å². The van der Waals surface area contributed by atoms with Crippen LogP contribution in [0, 0.1) is 6.92 Å². The first-order chi connectivity index (χ1) is 13.9. The van der Waals surface area contributed by atoms with Gasteiger partial charge in [-0.1, -0.05) is 12.1 Å². The second-order valence-electron chi connectivity index (χ2n) is 6.07. The number of ether oxygens (including phenoxy) is 2. The van der Waals surface area contributed by atoms with Crippen molar-refractivity contribution in [2.24, 2.45) is 0 Å². The van der Waals surface area contributed by atoms with Gasteiger partial charge in [-0.25, -0.2) is 9.78 Å². The predicted octanol–water partition coefficient (Wildman–Crippen LogP) is 3.86. The number of hydrogen-bond donors (Lipinski definition) is 3. The average Bonchev–Trinajstić information content (AvgIpc) is 2.71. The quantitative estimate of drug-likeness (QED) is 0.568. The Kier molecular flexibility index (Phi) is 5.94. The van der Waals surface area contributed by atoms with Crippen LogP contribution in [0.1, 0.15) is 15.9 Å². The maximum absolute atomic E-state index is 12.5. The van der Waals surface area contributed by atoms with E-state index in [0.717, 1.165) is 5.56 Å². The standard InChI is InChI=1S/C21H19N3O5/c1-13-6-7-18(25)17(10-13)24-20(26)14-4-3-5-15(11-14)28-16-8-9-23-19(12-16)29-21(27)22-2/h3-12,25H,1-2H3,(H,22,27)(H,24,26). The molecule has 29 heavy (non-hydrogen) atoms. The zero-order valence-electron chi connectivity index (χ0n) is 15.8. The number of phenolic OH excluding ortho intramolecular Hbond substituents is 1. The van der Waals surface area contributed by atoms with Crippen LogP contribution in [0.2, 0.25) is 0 Å². The summed E-state index contributed by atoms with van der Waals surface area (Å²) in [7, 11) is 1.44. The van der Waals surface area contributed by atoms with Crippen LogP contribution in [0.15, 0.2) is 60.8 Å². The number of rotatable bonds is 5. The van der Waals surface area contributed by atoms with Gasteiger partial charge >= 0.3 is 6.09 Å². The highest BCUT2D eigenvalue weighted by Gasteiger charge is 2.11. The molecule has 0 atom stereocenters. The summed E-state index contributed by atoms with van der Waals surface area (Å²) in [6.45, 7) is 1.86. The van der Waals surface area contributed by atoms with Crippen LogP contribution in [0.25, 0.3) is 0 Å². The number of nitrogens with one attached hydrogen (secondary N) is 2. The van der Waals surface area contributed by atoms with E-state index in [2.05, 4.69) is 15.6 Å². The fraction of sp³-hybridized carbons (Fsp3) is 0.0952. The lowest BCUT2D eigenvalue weighted by Crippen LogP contribution is -2.22. The van der Waals surface area contributed by atoms with Gasteiger partial charge in [0.05, 0.1) is 5.69 Å². The van der Waals surface area contributed by atoms with Crippen molar-refractivity contribution in [2.45, 2.75) is 6.92 Å². The second-order valence-corrected chi connectivity index (χ2v) is 6.07. The van der Waals surface area contributed by atoms with Gasteiger partial charge in [0.1, 0.15) is 17.2 Å². The Labute approximate surface area is 167 Å². The van der Waals surface area contributed by atoms with Crippen LogP contribution in [-0.4, -0.2) is 29.1 Å². The number of carbonyl (C=O) groups excluding carboxylic acids is 2. The number of hydrogen-bond acceptors (Lipinski definition) is 6. The zero-order chi connectivity index (χ0) is 20.8. The molecule has 0 radical (unpaired) electrons. The molecule has 0 spiro atoms. The number of pyridine rings is 1. The SMILES string of the molecule is CNC(=O)Oc1cc(Oc2cccc(C(=O)Nc3cc(C)ccc3O)c2)ccn1. The minimum Gasteiger partial charge on any atom is -0.506 e. The van der Waals surface area contributed by atoms with Gasteiger partial charge < -0.3 is 25.2 Å². The van der Waals surface area contributed by atoms with Gasteiger partial charge in [0.15, 0.2) is 0 Å². The first-order valence-corrected chi connectivity index (χ1v) is 8.69. The highest BCUT2D eigenvalue weighted by Crippen LogP contribution is 2.27. The Morgan fingerprint density at radius 3 is 2.62 bits per heavy atom. The minimum absolute atomic E-state index is 0.0169. The van der Waals surface area contributed by atoms with Crippen LogP contribution in [-0.2, 0) is 0 Å². The first kappa shape index (κ1) is 19.7. The lowest BCUT2D eigenvalue weighted by atomic mass is 10.1. The van der Waals surface area contributed by atoms with E-state index in [4.69, 9.17) is 9.47 Å². The van der Waals surface area contributed by atoms with Crippen LogP contribution in [0.3, 0.4) is 0 Å². The number of aromatic nitrogens is 1. The second kappa shape index (κ2) is 8.75. The van der Waals surface area contributed by atoms with E-state index >= 15 is 0 Å². The van der Waals surface area contributed by atoms with Crippen LogP contribution >= 0.6 is 0 Å². The van der Waals surface area contributed by atoms with E-state index in [1.54, 1.807) is 42.5 Å². The van der Waals surface area contributed by atoms with Gasteiger partial charge in [0.2, 0.25) is 5.88 Å². The van der Waals surface area contributed by atoms with Crippen molar-refractivity contribution in [3.05, 3.63) is 71.9 Å². The number of benzene rings is 2. The van der Waals surface area contributed by atoms with Crippen molar-refractivity contribution in [1.82, 2.24) is 10.3 Å². The maximum atomic E-state index is 12.5. The van der Waals surface area contributed by atoms with E-state index in [1.165, 1.54) is 25.4 Å². The van der Waals surface area contributed by atoms with Gasteiger partial charge in [-0.2, -0.15) is 0 Å². The Morgan fingerprint density at radius 2 is 1.83 bits per heavy atom. The molecule has 2 amide bonds. The monoisotopic (exact) mass is 393 g/mol. The number of carbonyl (C=O) groups is 2. The van der Waals surface area contributed by atoms with Gasteiger partial charge in [-0.3, -0.25) is 4.79 Å². The summed E-state index contributed by atoms with van der Waals surface area (Å²) in [5, 5.41) is 14.9. The molecule has 0 unspecified atom stereocenters. The van der Waals surface area contributed by atoms with Crippen LogP contribution in [0.4, 0.5) is 10.5 Å². The third-order valence-electron chi connectivity index (χ3n) is 3.84. The molecule has 0 bridgehead atoms. The zero-order valence-corrected chi connectivity index (χ0v) is 15.8. The molecule has 1 aromatic heterocycles. The Bertz CT molecular complexity index is 1050. The Morgan fingerprint density at radius 1 is 1.03 bits per heavy atom. The number of aromatic hydroxyl groups is 1. The molecule has 0 aliphatic rings. The third kappa shape index (κ3) is 5.23. The summed E-state index contributed by atoms with van der Waals surface area (Å²) in [5.74, 6) is 0.452. The van der Waals surface area contributed by atoms with Crippen molar-refractivity contribution < 1.29 is 24.2 Å². The van der Waals surface area contributed by atoms with Crippen molar-refractivity contribution in [3.63, 3.8) is 0 Å². The smallest absolute Gasteiger partial charge is 0.413 e. The van der Waals surface area contributed by atoms with Crippen molar-refractivity contribution >= 4 is 17.7 Å². The molecule has 8 heteroatoms. The maximum Gasteiger partial charge on any atom is 0.413 e. The van der Waals surface area contributed by atoms with Crippen molar-refractivity contribution in [2.75, 3.05) is 12.4 Å². The number of nitrogens with zero attached hydrogens (tertiary/aromatic N) is 1. The fourth-order valence-corrected chi connectivity index (χ4v) is 2.44. The molecule has 2 aromatic carbocycles. The molecule has 148 valence electrons. The molecular formula is C21H19N3O5. The van der Waals surface area contributed by atoms with Crippen molar-refractivity contribution in [3.8, 4) is 23.1 Å². The molecule has 3 N–H and O–H groups in total. The molecule has 0 saturated carbocycles. The molecule has 3 rings (SSSR count). The number of amides is 2. The van der Waals surface area contributed by atoms with E-state index in [9.17, 15) is 14.7 Å². The molecule has 0 saturated heterocycles. The summed E-state index contributed by atoms with van der Waals surface area (Å²) in [5.41, 5.74) is 1.58. The van der Waals surface area contributed by atoms with Crippen LogP contribution in [0.5, 0.6) is 23.1 Å². The van der Waals surface area contributed by atoms with Crippen LogP contribution < -0.4 is 20.1 Å². The summed E-state index contributed by atoms with van der Waals surface area (Å²) in [6, 6.07) is 14.5. The van der Waals surface area contributed by atoms with Gasteiger partial charge in [-0.05, 0) is 48.9 Å². The molecular weight excluding hydrogens is 374 g/mol. The van der Waals surface area contributed by atoms with Crippen molar-refractivity contribution in [1.29, 1.82) is 0 Å². The lowest BCUT2D eigenvalue weighted by Gasteiger charge is -2.10. The molecule has 0 fully saturated rings. The average molecular weight is 393 g/mol. The summed E-state index contributed by atoms with van der Waals surface area (Å²) < 4.78 is 10.7. The normalized spacial score (nSPS) is 10.1. The summed E-state index contributed by atoms with van der Waals surface area (Å²) >= 11 is 0. The largest absolute Gasteiger partial charge is 0.506 e. The molecule has 8 nitrogen and oxygen atoms in total. The molecule has 0 aliphatic heterocycles. The molecule has 3 aromatic rings. The molecule has 0 aliphatic carbocycles. The van der Waals surface area contributed by atoms with E-state index in [1.807, 2.05) is 6.92 Å². The van der Waals surface area contributed by atoms with Gasteiger partial charge in [0, 0.05) is 24.9 Å². The Balaban J connectivity index is 1.74. The summed E-state index contributed by atoms with van der Waals surface area (Å²) in [4.78, 5) is 27.8. The highest BCUT2D eigenvalue weighted by atomic mass is 16.6. The predicted molar refractivity (Wildman–Crippen MR) is 107 cm³/mol. The number of anilines is 1. The lowest BCUT2D eigenvalue weighted by molar-refractivity contribution is 0.102. The Hall–Kier alpha value is -4.07. The molecule has 1 heterocycles. The first-order valence-electron chi connectivity index (χ1n) is 8.69.